The summed E-state index contributed by atoms with van der Waals surface area (Å²) in [6.07, 6.45) is 1.15. The summed E-state index contributed by atoms with van der Waals surface area (Å²) in [4.78, 5) is 14.7. The number of ether oxygens (including phenoxy) is 1. The van der Waals surface area contributed by atoms with Crippen molar-refractivity contribution in [1.82, 2.24) is 10.2 Å². The minimum absolute atomic E-state index is 0.0630. The van der Waals surface area contributed by atoms with Crippen molar-refractivity contribution < 1.29 is 9.53 Å². The smallest absolute Gasteiger partial charge is 0.233 e. The first-order valence-corrected chi connectivity index (χ1v) is 6.63. The first-order chi connectivity index (χ1) is 8.40. The minimum atomic E-state index is -0.723. The van der Waals surface area contributed by atoms with Gasteiger partial charge in [-0.1, -0.05) is 12.2 Å². The number of hydrogen-bond donors (Lipinski definition) is 2. The molecule has 5 nitrogen and oxygen atoms in total. The summed E-state index contributed by atoms with van der Waals surface area (Å²) in [6, 6.07) is 0.275. The van der Waals surface area contributed by atoms with Crippen LogP contribution >= 0.6 is 12.2 Å². The van der Waals surface area contributed by atoms with Crippen LogP contribution in [0.1, 0.15) is 19.8 Å². The number of carbonyl (C=O) groups is 1. The van der Waals surface area contributed by atoms with Crippen molar-refractivity contribution in [1.29, 1.82) is 0 Å². The van der Waals surface area contributed by atoms with E-state index in [4.69, 9.17) is 22.7 Å². The van der Waals surface area contributed by atoms with Gasteiger partial charge < -0.3 is 20.7 Å². The second-order valence-corrected chi connectivity index (χ2v) is 5.52. The Morgan fingerprint density at radius 3 is 2.50 bits per heavy atom. The molecule has 1 aliphatic heterocycles. The molecule has 0 bridgehead atoms. The van der Waals surface area contributed by atoms with E-state index in [2.05, 4.69) is 17.1 Å². The average Bonchev–Trinajstić information content (AvgIpc) is 2.35. The average molecular weight is 273 g/mol. The maximum Gasteiger partial charge on any atom is 0.233 e. The molecule has 6 heteroatoms. The summed E-state index contributed by atoms with van der Waals surface area (Å²) >= 11 is 5.09. The largest absolute Gasteiger partial charge is 0.392 e. The molecule has 3 N–H and O–H groups in total. The van der Waals surface area contributed by atoms with Crippen LogP contribution < -0.4 is 11.1 Å². The lowest BCUT2D eigenvalue weighted by molar-refractivity contribution is -0.131. The number of rotatable bonds is 5. The van der Waals surface area contributed by atoms with Gasteiger partial charge in [0.2, 0.25) is 5.91 Å². The fourth-order valence-electron chi connectivity index (χ4n) is 1.90. The zero-order valence-corrected chi connectivity index (χ0v) is 12.2. The summed E-state index contributed by atoms with van der Waals surface area (Å²) in [5.41, 5.74) is 5.05. The second-order valence-electron chi connectivity index (χ2n) is 5.08. The van der Waals surface area contributed by atoms with E-state index in [1.54, 1.807) is 0 Å². The Morgan fingerprint density at radius 2 is 2.06 bits per heavy atom. The molecule has 18 heavy (non-hydrogen) atoms. The predicted molar refractivity (Wildman–Crippen MR) is 75.4 cm³/mol. The summed E-state index contributed by atoms with van der Waals surface area (Å²) in [7, 11) is 3.96. The van der Waals surface area contributed by atoms with Crippen molar-refractivity contribution in [3.63, 3.8) is 0 Å². The number of nitrogens with one attached hydrogen (secondary N) is 1. The van der Waals surface area contributed by atoms with Gasteiger partial charge in [0, 0.05) is 25.8 Å². The zero-order chi connectivity index (χ0) is 13.8. The Morgan fingerprint density at radius 1 is 1.50 bits per heavy atom. The van der Waals surface area contributed by atoms with E-state index in [1.165, 1.54) is 0 Å². The lowest BCUT2D eigenvalue weighted by atomic mass is 9.79. The fourth-order valence-corrected chi connectivity index (χ4v) is 2.19. The van der Waals surface area contributed by atoms with E-state index in [0.29, 0.717) is 32.6 Å². The third-order valence-corrected chi connectivity index (χ3v) is 4.08. The Balaban J connectivity index is 2.63. The number of nitrogens with two attached hydrogens (primary N) is 1. The van der Waals surface area contributed by atoms with Crippen LogP contribution in [-0.4, -0.2) is 55.7 Å². The first-order valence-electron chi connectivity index (χ1n) is 6.22. The third-order valence-electron chi connectivity index (χ3n) is 3.69. The number of amides is 1. The van der Waals surface area contributed by atoms with Crippen molar-refractivity contribution in [2.45, 2.75) is 25.8 Å². The highest BCUT2D eigenvalue weighted by atomic mass is 32.1. The maximum absolute atomic E-state index is 12.3. The summed E-state index contributed by atoms with van der Waals surface area (Å²) < 4.78 is 5.29. The van der Waals surface area contributed by atoms with Crippen LogP contribution in [0, 0.1) is 5.41 Å². The van der Waals surface area contributed by atoms with Gasteiger partial charge in [-0.2, -0.15) is 0 Å². The summed E-state index contributed by atoms with van der Waals surface area (Å²) in [5.74, 6) is -0.0630. The zero-order valence-electron chi connectivity index (χ0n) is 11.4. The molecule has 1 aliphatic rings. The second kappa shape index (κ2) is 6.45. The molecule has 1 unspecified atom stereocenters. The quantitative estimate of drug-likeness (QED) is 0.697. The van der Waals surface area contributed by atoms with Crippen molar-refractivity contribution in [3.05, 3.63) is 0 Å². The Bertz CT molecular complexity index is 314. The topological polar surface area (TPSA) is 67.6 Å². The van der Waals surface area contributed by atoms with Gasteiger partial charge in [-0.25, -0.2) is 0 Å². The molecule has 1 heterocycles. The monoisotopic (exact) mass is 273 g/mol. The van der Waals surface area contributed by atoms with Gasteiger partial charge in [0.05, 0.1) is 4.99 Å². The SMILES string of the molecule is CC(CNC(=O)C1(C(N)=S)CCOCC1)N(C)C. The van der Waals surface area contributed by atoms with E-state index in [-0.39, 0.29) is 16.9 Å². The minimum Gasteiger partial charge on any atom is -0.392 e. The molecule has 1 atom stereocenters. The van der Waals surface area contributed by atoms with Crippen LogP contribution in [0.3, 0.4) is 0 Å². The molecular formula is C12H23N3O2S. The molecule has 0 aromatic carbocycles. The van der Waals surface area contributed by atoms with E-state index in [0.717, 1.165) is 0 Å². The van der Waals surface area contributed by atoms with E-state index >= 15 is 0 Å². The molecule has 0 aromatic rings. The fraction of sp³-hybridized carbons (Fsp3) is 0.833. The third kappa shape index (κ3) is 3.40. The van der Waals surface area contributed by atoms with Crippen LogP contribution in [0.15, 0.2) is 0 Å². The van der Waals surface area contributed by atoms with E-state index in [9.17, 15) is 4.79 Å². The molecule has 0 spiro atoms. The van der Waals surface area contributed by atoms with Crippen LogP contribution in [-0.2, 0) is 9.53 Å². The highest BCUT2D eigenvalue weighted by molar-refractivity contribution is 7.80. The van der Waals surface area contributed by atoms with Crippen molar-refractivity contribution >= 4 is 23.1 Å². The van der Waals surface area contributed by atoms with Crippen molar-refractivity contribution in [3.8, 4) is 0 Å². The molecule has 0 aromatic heterocycles. The lowest BCUT2D eigenvalue weighted by Crippen LogP contribution is -2.53. The van der Waals surface area contributed by atoms with Crippen molar-refractivity contribution in [2.75, 3.05) is 33.9 Å². The lowest BCUT2D eigenvalue weighted by Gasteiger charge is -2.35. The molecule has 1 fully saturated rings. The summed E-state index contributed by atoms with van der Waals surface area (Å²) in [6.45, 7) is 3.72. The first kappa shape index (κ1) is 15.3. The molecule has 0 saturated carbocycles. The standard InChI is InChI=1S/C12H23N3O2S/c1-9(15(2)3)8-14-11(16)12(10(13)18)4-6-17-7-5-12/h9H,4-8H2,1-3H3,(H2,13,18)(H,14,16). The Labute approximate surface area is 114 Å². The molecule has 0 radical (unpaired) electrons. The van der Waals surface area contributed by atoms with Gasteiger partial charge in [0.25, 0.3) is 0 Å². The van der Waals surface area contributed by atoms with Gasteiger partial charge in [0.1, 0.15) is 5.41 Å². The van der Waals surface area contributed by atoms with Gasteiger partial charge in [0.15, 0.2) is 0 Å². The number of hydrogen-bond acceptors (Lipinski definition) is 4. The number of thiocarbonyl (C=S) groups is 1. The van der Waals surface area contributed by atoms with Crippen LogP contribution in [0.4, 0.5) is 0 Å². The van der Waals surface area contributed by atoms with E-state index in [1.807, 2.05) is 14.1 Å². The normalized spacial score (nSPS) is 20.4. The van der Waals surface area contributed by atoms with Gasteiger partial charge >= 0.3 is 0 Å². The van der Waals surface area contributed by atoms with Crippen LogP contribution in [0.2, 0.25) is 0 Å². The molecule has 104 valence electrons. The molecule has 1 saturated heterocycles. The predicted octanol–water partition coefficient (Wildman–Crippen LogP) is 0.136. The molecular weight excluding hydrogens is 250 g/mol. The highest BCUT2D eigenvalue weighted by Crippen LogP contribution is 2.31. The molecule has 1 amide bonds. The molecule has 1 rings (SSSR count). The van der Waals surface area contributed by atoms with Gasteiger partial charge in [-0.05, 0) is 33.9 Å². The number of nitrogens with zero attached hydrogens (tertiary/aromatic N) is 1. The maximum atomic E-state index is 12.3. The van der Waals surface area contributed by atoms with Gasteiger partial charge in [-0.15, -0.1) is 0 Å². The van der Waals surface area contributed by atoms with Gasteiger partial charge in [-0.3, -0.25) is 4.79 Å². The Hall–Kier alpha value is -0.720. The number of carbonyl (C=O) groups excluding carboxylic acids is 1. The van der Waals surface area contributed by atoms with Crippen LogP contribution in [0.5, 0.6) is 0 Å². The van der Waals surface area contributed by atoms with Crippen molar-refractivity contribution in [2.24, 2.45) is 11.1 Å². The molecule has 0 aliphatic carbocycles. The highest BCUT2D eigenvalue weighted by Gasteiger charge is 2.42. The van der Waals surface area contributed by atoms with Crippen LogP contribution in [0.25, 0.3) is 0 Å². The number of likely N-dealkylation sites (N-methyl/N-ethyl adjacent to an activating group) is 1. The van der Waals surface area contributed by atoms with E-state index < -0.39 is 5.41 Å². The summed E-state index contributed by atoms with van der Waals surface area (Å²) in [5, 5.41) is 2.95. The Kier molecular flexibility index (Phi) is 5.49.